The second-order valence-corrected chi connectivity index (χ2v) is 15.5. The number of sulfone groups is 1. The molecule has 2 amide bonds. The minimum Gasteiger partial charge on any atom is -0.491 e. The Morgan fingerprint density at radius 1 is 0.956 bits per heavy atom. The highest BCUT2D eigenvalue weighted by molar-refractivity contribution is 7.90. The van der Waals surface area contributed by atoms with Crippen LogP contribution in [0, 0.1) is 0 Å². The van der Waals surface area contributed by atoms with E-state index >= 15 is 0 Å². The van der Waals surface area contributed by atoms with Crippen LogP contribution in [-0.4, -0.2) is 51.9 Å². The standard InChI is InChI=1S/C33H31Cl3N2O5S2/c1-45(41,42)19-5-18-43-28-27(21-8-10-23(34)11-9-21)29(25-13-12-24(35)20-26(25)36)44-30(28)31(39)38-32(40)33(14-16-37-17-15-33)22-6-3-2-4-7-22/h2-4,6-13,20,37H,5,14-19H2,1H3,(H,38,39,40). The van der Waals surface area contributed by atoms with Gasteiger partial charge >= 0.3 is 0 Å². The number of hydrogen-bond acceptors (Lipinski definition) is 7. The minimum atomic E-state index is -3.23. The van der Waals surface area contributed by atoms with E-state index in [1.54, 1.807) is 42.5 Å². The highest BCUT2D eigenvalue weighted by atomic mass is 35.5. The number of amides is 2. The third-order valence-electron chi connectivity index (χ3n) is 7.73. The Kier molecular flexibility index (Phi) is 10.6. The average molecular weight is 706 g/mol. The lowest BCUT2D eigenvalue weighted by Gasteiger charge is -2.36. The van der Waals surface area contributed by atoms with E-state index in [2.05, 4.69) is 10.6 Å². The Hall–Kier alpha value is -2.92. The third kappa shape index (κ3) is 7.73. The first-order valence-corrected chi connectivity index (χ1v) is 18.3. The fourth-order valence-corrected chi connectivity index (χ4v) is 8.01. The number of nitrogens with one attached hydrogen (secondary N) is 2. The summed E-state index contributed by atoms with van der Waals surface area (Å²) in [5.41, 5.74) is 1.83. The van der Waals surface area contributed by atoms with E-state index in [1.807, 2.05) is 30.3 Å². The minimum absolute atomic E-state index is 0.0199. The number of ether oxygens (including phenoxy) is 1. The van der Waals surface area contributed by atoms with Gasteiger partial charge in [-0.3, -0.25) is 14.9 Å². The first kappa shape index (κ1) is 33.4. The third-order valence-corrected chi connectivity index (χ3v) is 10.8. The number of rotatable bonds is 10. The topological polar surface area (TPSA) is 102 Å². The van der Waals surface area contributed by atoms with Crippen LogP contribution in [0.5, 0.6) is 5.75 Å². The molecule has 7 nitrogen and oxygen atoms in total. The second-order valence-electron chi connectivity index (χ2n) is 10.9. The number of hydrogen-bond donors (Lipinski definition) is 2. The number of halogens is 3. The van der Waals surface area contributed by atoms with Crippen molar-refractivity contribution in [1.29, 1.82) is 0 Å². The van der Waals surface area contributed by atoms with Crippen LogP contribution in [0.15, 0.2) is 72.8 Å². The van der Waals surface area contributed by atoms with E-state index in [1.165, 1.54) is 0 Å². The smallest absolute Gasteiger partial charge is 0.271 e. The average Bonchev–Trinajstić information content (AvgIpc) is 3.39. The van der Waals surface area contributed by atoms with E-state index in [9.17, 15) is 18.0 Å². The molecular weight excluding hydrogens is 675 g/mol. The zero-order valence-electron chi connectivity index (χ0n) is 24.4. The lowest BCUT2D eigenvalue weighted by atomic mass is 9.72. The van der Waals surface area contributed by atoms with Crippen molar-refractivity contribution in [2.45, 2.75) is 24.7 Å². The number of imide groups is 1. The van der Waals surface area contributed by atoms with Gasteiger partial charge in [0.05, 0.1) is 22.8 Å². The normalized spacial score (nSPS) is 14.6. The summed E-state index contributed by atoms with van der Waals surface area (Å²) in [6.45, 7) is 1.28. The maximum Gasteiger partial charge on any atom is 0.271 e. The molecule has 2 N–H and O–H groups in total. The lowest BCUT2D eigenvalue weighted by molar-refractivity contribution is -0.126. The number of carbonyl (C=O) groups excluding carboxylic acids is 2. The van der Waals surface area contributed by atoms with Gasteiger partial charge in [-0.2, -0.15) is 0 Å². The van der Waals surface area contributed by atoms with E-state index < -0.39 is 27.1 Å². The number of carbonyl (C=O) groups is 2. The summed E-state index contributed by atoms with van der Waals surface area (Å²) in [4.78, 5) is 28.9. The summed E-state index contributed by atoms with van der Waals surface area (Å²) in [5.74, 6) is -0.878. The van der Waals surface area contributed by atoms with Gasteiger partial charge in [-0.15, -0.1) is 11.3 Å². The van der Waals surface area contributed by atoms with E-state index in [4.69, 9.17) is 39.5 Å². The summed E-state index contributed by atoms with van der Waals surface area (Å²) < 4.78 is 29.9. The van der Waals surface area contributed by atoms with Crippen molar-refractivity contribution in [1.82, 2.24) is 10.6 Å². The van der Waals surface area contributed by atoms with Crippen molar-refractivity contribution in [3.8, 4) is 27.3 Å². The molecule has 0 saturated carbocycles. The molecule has 1 fully saturated rings. The van der Waals surface area contributed by atoms with Crippen molar-refractivity contribution in [2.75, 3.05) is 31.7 Å². The van der Waals surface area contributed by atoms with Gasteiger partial charge in [-0.05, 0) is 67.7 Å². The van der Waals surface area contributed by atoms with Crippen LogP contribution < -0.4 is 15.4 Å². The molecule has 45 heavy (non-hydrogen) atoms. The molecule has 2 heterocycles. The summed E-state index contributed by atoms with van der Waals surface area (Å²) in [6.07, 6.45) is 2.41. The largest absolute Gasteiger partial charge is 0.491 e. The summed E-state index contributed by atoms with van der Waals surface area (Å²) in [6, 6.07) is 21.6. The molecule has 1 aromatic heterocycles. The van der Waals surface area contributed by atoms with Crippen molar-refractivity contribution in [2.24, 2.45) is 0 Å². The molecule has 12 heteroatoms. The van der Waals surface area contributed by atoms with E-state index in [-0.39, 0.29) is 29.4 Å². The van der Waals surface area contributed by atoms with Crippen LogP contribution in [0.25, 0.3) is 21.6 Å². The van der Waals surface area contributed by atoms with Crippen LogP contribution in [0.1, 0.15) is 34.5 Å². The predicted octanol–water partition coefficient (Wildman–Crippen LogP) is 7.43. The molecule has 0 atom stereocenters. The van der Waals surface area contributed by atoms with Gasteiger partial charge in [0.2, 0.25) is 5.91 Å². The molecule has 4 aromatic rings. The zero-order chi connectivity index (χ0) is 32.2. The lowest BCUT2D eigenvalue weighted by Crippen LogP contribution is -2.52. The maximum absolute atomic E-state index is 14.1. The van der Waals surface area contributed by atoms with Crippen LogP contribution in [0.3, 0.4) is 0 Å². The van der Waals surface area contributed by atoms with Gasteiger partial charge in [-0.1, -0.05) is 83.3 Å². The van der Waals surface area contributed by atoms with Gasteiger partial charge in [-0.25, -0.2) is 8.42 Å². The Labute approximate surface area is 281 Å². The monoisotopic (exact) mass is 704 g/mol. The molecule has 236 valence electrons. The van der Waals surface area contributed by atoms with Crippen molar-refractivity contribution in [3.05, 3.63) is 98.3 Å². The fraction of sp³-hybridized carbons (Fsp3) is 0.273. The molecule has 1 saturated heterocycles. The van der Waals surface area contributed by atoms with Gasteiger partial charge in [0.25, 0.3) is 5.91 Å². The molecule has 0 unspecified atom stereocenters. The summed E-state index contributed by atoms with van der Waals surface area (Å²) in [7, 11) is -3.23. The first-order chi connectivity index (χ1) is 21.5. The zero-order valence-corrected chi connectivity index (χ0v) is 28.3. The number of thiophene rings is 1. The van der Waals surface area contributed by atoms with Gasteiger partial charge in [0, 0.05) is 32.3 Å². The SMILES string of the molecule is CS(=O)(=O)CCCOc1c(C(=O)NC(=O)C2(c3ccccc3)CCNCC2)sc(-c2ccc(Cl)cc2Cl)c1-c1ccc(Cl)cc1. The van der Waals surface area contributed by atoms with Crippen LogP contribution in [0.2, 0.25) is 15.1 Å². The van der Waals surface area contributed by atoms with Crippen LogP contribution >= 0.6 is 46.1 Å². The highest BCUT2D eigenvalue weighted by Crippen LogP contribution is 2.50. The fourth-order valence-electron chi connectivity index (χ4n) is 5.48. The second kappa shape index (κ2) is 14.2. The Morgan fingerprint density at radius 3 is 2.27 bits per heavy atom. The number of piperidine rings is 1. The summed E-state index contributed by atoms with van der Waals surface area (Å²) >= 11 is 20.2. The van der Waals surface area contributed by atoms with Crippen LogP contribution in [-0.2, 0) is 20.0 Å². The Morgan fingerprint density at radius 2 is 1.62 bits per heavy atom. The van der Waals surface area contributed by atoms with E-state index in [0.717, 1.165) is 23.2 Å². The van der Waals surface area contributed by atoms with Crippen molar-refractivity contribution >= 4 is 67.8 Å². The molecule has 1 aliphatic heterocycles. The summed E-state index contributed by atoms with van der Waals surface area (Å²) in [5, 5.41) is 7.32. The number of benzene rings is 3. The molecule has 1 aliphatic rings. The first-order valence-electron chi connectivity index (χ1n) is 14.3. The van der Waals surface area contributed by atoms with E-state index in [0.29, 0.717) is 62.6 Å². The Balaban J connectivity index is 1.61. The molecule has 0 spiro atoms. The molecule has 0 radical (unpaired) electrons. The molecule has 0 aliphatic carbocycles. The quantitative estimate of drug-likeness (QED) is 0.132. The van der Waals surface area contributed by atoms with Gasteiger partial charge < -0.3 is 10.1 Å². The Bertz CT molecular complexity index is 1800. The molecule has 5 rings (SSSR count). The van der Waals surface area contributed by atoms with Crippen molar-refractivity contribution in [3.63, 3.8) is 0 Å². The maximum atomic E-state index is 14.1. The molecule has 0 bridgehead atoms. The van der Waals surface area contributed by atoms with Gasteiger partial charge in [0.1, 0.15) is 14.7 Å². The molecule has 3 aromatic carbocycles. The van der Waals surface area contributed by atoms with Crippen molar-refractivity contribution < 1.29 is 22.7 Å². The highest BCUT2D eigenvalue weighted by Gasteiger charge is 2.42. The van der Waals surface area contributed by atoms with Crippen LogP contribution in [0.4, 0.5) is 0 Å². The molecular formula is C33H31Cl3N2O5S2. The predicted molar refractivity (Wildman–Crippen MR) is 183 cm³/mol. The van der Waals surface area contributed by atoms with Gasteiger partial charge in [0.15, 0.2) is 5.75 Å².